The summed E-state index contributed by atoms with van der Waals surface area (Å²) in [7, 11) is 0. The summed E-state index contributed by atoms with van der Waals surface area (Å²) < 4.78 is 32.1. The summed E-state index contributed by atoms with van der Waals surface area (Å²) in [6.07, 6.45) is 0.0473. The lowest BCUT2D eigenvalue weighted by Crippen LogP contribution is -2.49. The minimum absolute atomic E-state index is 0.0837. The van der Waals surface area contributed by atoms with E-state index in [1.165, 1.54) is 41.0 Å². The minimum Gasteiger partial charge on any atom is -0.390 e. The molecule has 1 aromatic heterocycles. The molecule has 3 aromatic rings. The van der Waals surface area contributed by atoms with Gasteiger partial charge in [0.2, 0.25) is 5.91 Å². The monoisotopic (exact) mass is 506 g/mol. The fourth-order valence-corrected chi connectivity index (χ4v) is 4.96. The van der Waals surface area contributed by atoms with Crippen molar-refractivity contribution in [1.82, 2.24) is 20.2 Å². The molecular formula is C24H28F2N4O2S2. The van der Waals surface area contributed by atoms with E-state index in [-0.39, 0.29) is 24.6 Å². The Hall–Kier alpha value is -2.40. The van der Waals surface area contributed by atoms with Crippen LogP contribution in [0.3, 0.4) is 0 Å². The summed E-state index contributed by atoms with van der Waals surface area (Å²) in [6.45, 7) is 4.65. The maximum absolute atomic E-state index is 13.7. The molecule has 0 unspecified atom stereocenters. The summed E-state index contributed by atoms with van der Waals surface area (Å²) in [5.74, 6) is -1.59. The Labute approximate surface area is 206 Å². The van der Waals surface area contributed by atoms with Crippen LogP contribution in [-0.2, 0) is 24.2 Å². The molecule has 3 rings (SSSR count). The molecule has 0 fully saturated rings. The number of aliphatic hydroxyl groups excluding tert-OH is 1. The van der Waals surface area contributed by atoms with Gasteiger partial charge < -0.3 is 15.7 Å². The molecule has 1 heterocycles. The molecule has 0 aliphatic carbocycles. The Balaban J connectivity index is 1.62. The average molecular weight is 507 g/mol. The quantitative estimate of drug-likeness (QED) is 0.325. The molecule has 2 atom stereocenters. The Morgan fingerprint density at radius 2 is 1.88 bits per heavy atom. The van der Waals surface area contributed by atoms with Gasteiger partial charge in [-0.1, -0.05) is 35.7 Å². The van der Waals surface area contributed by atoms with Crippen molar-refractivity contribution >= 4 is 29.2 Å². The molecular weight excluding hydrogens is 478 g/mol. The SMILES string of the molecule is CCc1cccc(CNC[C@@H](O)[C@H](Cc2cc(F)cc(F)c2)NC(=O)CSc2snnc2C)c1. The van der Waals surface area contributed by atoms with Crippen molar-refractivity contribution in [2.24, 2.45) is 0 Å². The lowest BCUT2D eigenvalue weighted by Gasteiger charge is -2.25. The lowest BCUT2D eigenvalue weighted by atomic mass is 10.0. The molecule has 34 heavy (non-hydrogen) atoms. The number of amides is 1. The normalized spacial score (nSPS) is 13.0. The van der Waals surface area contributed by atoms with Crippen molar-refractivity contribution < 1.29 is 18.7 Å². The van der Waals surface area contributed by atoms with Crippen LogP contribution in [0.25, 0.3) is 0 Å². The summed E-state index contributed by atoms with van der Waals surface area (Å²) in [4.78, 5) is 12.6. The second-order valence-electron chi connectivity index (χ2n) is 7.96. The standard InChI is InChI=1S/C24H28F2N4O2S2/c1-3-16-5-4-6-17(7-16)12-27-13-22(31)21(10-18-8-19(25)11-20(26)9-18)28-23(32)14-33-24-15(2)29-30-34-24/h4-9,11,21-22,27,31H,3,10,12-14H2,1-2H3,(H,28,32)/t21-,22+/m0/s1. The first-order chi connectivity index (χ1) is 16.3. The summed E-state index contributed by atoms with van der Waals surface area (Å²) in [6, 6.07) is 10.6. The maximum atomic E-state index is 13.7. The van der Waals surface area contributed by atoms with Gasteiger partial charge in [-0.3, -0.25) is 4.79 Å². The van der Waals surface area contributed by atoms with Crippen molar-refractivity contribution in [3.05, 3.63) is 76.5 Å². The van der Waals surface area contributed by atoms with Gasteiger partial charge in [-0.05, 0) is 60.1 Å². The predicted molar refractivity (Wildman–Crippen MR) is 131 cm³/mol. The van der Waals surface area contributed by atoms with Crippen LogP contribution in [0.2, 0.25) is 0 Å². The van der Waals surface area contributed by atoms with Crippen LogP contribution in [0.15, 0.2) is 46.7 Å². The van der Waals surface area contributed by atoms with E-state index in [0.717, 1.165) is 28.0 Å². The molecule has 0 saturated carbocycles. The topological polar surface area (TPSA) is 87.1 Å². The van der Waals surface area contributed by atoms with E-state index < -0.39 is 23.8 Å². The van der Waals surface area contributed by atoms with Crippen LogP contribution in [-0.4, -0.2) is 45.0 Å². The van der Waals surface area contributed by atoms with Gasteiger partial charge in [-0.15, -0.1) is 16.9 Å². The number of aliphatic hydroxyl groups is 1. The summed E-state index contributed by atoms with van der Waals surface area (Å²) in [5.41, 5.74) is 3.42. The third-order valence-corrected chi connectivity index (χ3v) is 7.38. The zero-order valence-electron chi connectivity index (χ0n) is 19.1. The number of benzene rings is 2. The van der Waals surface area contributed by atoms with Crippen molar-refractivity contribution in [3.63, 3.8) is 0 Å². The Bertz CT molecular complexity index is 1080. The highest BCUT2D eigenvalue weighted by molar-refractivity contribution is 8.01. The number of halogens is 2. The lowest BCUT2D eigenvalue weighted by molar-refractivity contribution is -0.120. The zero-order valence-corrected chi connectivity index (χ0v) is 20.7. The number of rotatable bonds is 12. The van der Waals surface area contributed by atoms with Crippen LogP contribution in [0, 0.1) is 18.6 Å². The third kappa shape index (κ3) is 8.12. The smallest absolute Gasteiger partial charge is 0.230 e. The van der Waals surface area contributed by atoms with E-state index in [2.05, 4.69) is 39.3 Å². The number of carbonyl (C=O) groups is 1. The first-order valence-corrected chi connectivity index (χ1v) is 12.7. The molecule has 0 aliphatic rings. The predicted octanol–water partition coefficient (Wildman–Crippen LogP) is 3.66. The first-order valence-electron chi connectivity index (χ1n) is 11.0. The number of hydrogen-bond donors (Lipinski definition) is 3. The largest absolute Gasteiger partial charge is 0.390 e. The second kappa shape index (κ2) is 12.9. The van der Waals surface area contributed by atoms with E-state index in [4.69, 9.17) is 0 Å². The minimum atomic E-state index is -0.971. The third-order valence-electron chi connectivity index (χ3n) is 5.22. The van der Waals surface area contributed by atoms with E-state index >= 15 is 0 Å². The van der Waals surface area contributed by atoms with Crippen LogP contribution in [0.4, 0.5) is 8.78 Å². The Morgan fingerprint density at radius 1 is 1.15 bits per heavy atom. The first kappa shape index (κ1) is 26.2. The van der Waals surface area contributed by atoms with Crippen molar-refractivity contribution in [3.8, 4) is 0 Å². The van der Waals surface area contributed by atoms with Gasteiger partial charge in [0.05, 0.1) is 23.6 Å². The van der Waals surface area contributed by atoms with Gasteiger partial charge in [0.25, 0.3) is 0 Å². The van der Waals surface area contributed by atoms with Crippen LogP contribution >= 0.6 is 23.3 Å². The average Bonchev–Trinajstić information content (AvgIpc) is 3.21. The van der Waals surface area contributed by atoms with Gasteiger partial charge in [0.1, 0.15) is 15.8 Å². The van der Waals surface area contributed by atoms with Gasteiger partial charge in [-0.25, -0.2) is 8.78 Å². The fraction of sp³-hybridized carbons (Fsp3) is 0.375. The van der Waals surface area contributed by atoms with E-state index in [9.17, 15) is 18.7 Å². The van der Waals surface area contributed by atoms with E-state index in [1.807, 2.05) is 19.1 Å². The Morgan fingerprint density at radius 3 is 2.56 bits per heavy atom. The van der Waals surface area contributed by atoms with E-state index in [0.29, 0.717) is 12.1 Å². The fourth-order valence-electron chi connectivity index (χ4n) is 3.47. The van der Waals surface area contributed by atoms with Crippen LogP contribution in [0.5, 0.6) is 0 Å². The van der Waals surface area contributed by atoms with Crippen LogP contribution in [0.1, 0.15) is 29.3 Å². The number of carbonyl (C=O) groups excluding carboxylic acids is 1. The van der Waals surface area contributed by atoms with Crippen LogP contribution < -0.4 is 10.6 Å². The number of nitrogens with one attached hydrogen (secondary N) is 2. The number of thioether (sulfide) groups is 1. The van der Waals surface area contributed by atoms with Gasteiger partial charge in [-0.2, -0.15) is 0 Å². The van der Waals surface area contributed by atoms with E-state index in [1.54, 1.807) is 0 Å². The zero-order chi connectivity index (χ0) is 24.5. The highest BCUT2D eigenvalue weighted by atomic mass is 32.2. The molecule has 182 valence electrons. The molecule has 0 aliphatic heterocycles. The Kier molecular flexibility index (Phi) is 9.94. The maximum Gasteiger partial charge on any atom is 0.230 e. The van der Waals surface area contributed by atoms with Gasteiger partial charge in [0, 0.05) is 19.2 Å². The van der Waals surface area contributed by atoms with Crippen molar-refractivity contribution in [2.45, 2.75) is 49.6 Å². The highest BCUT2D eigenvalue weighted by Crippen LogP contribution is 2.24. The summed E-state index contributed by atoms with van der Waals surface area (Å²) in [5, 5.41) is 20.8. The molecule has 0 radical (unpaired) electrons. The summed E-state index contributed by atoms with van der Waals surface area (Å²) >= 11 is 2.52. The van der Waals surface area contributed by atoms with Gasteiger partial charge >= 0.3 is 0 Å². The molecule has 3 N–H and O–H groups in total. The number of aromatic nitrogens is 2. The molecule has 6 nitrogen and oxygen atoms in total. The van der Waals surface area contributed by atoms with Gasteiger partial charge in [0.15, 0.2) is 0 Å². The molecule has 1 amide bonds. The number of nitrogens with zero attached hydrogens (tertiary/aromatic N) is 2. The highest BCUT2D eigenvalue weighted by Gasteiger charge is 2.23. The molecule has 0 bridgehead atoms. The molecule has 10 heteroatoms. The number of hydrogen-bond acceptors (Lipinski definition) is 7. The second-order valence-corrected chi connectivity index (χ2v) is 9.96. The van der Waals surface area contributed by atoms with Crippen molar-refractivity contribution in [2.75, 3.05) is 12.3 Å². The molecule has 0 saturated heterocycles. The molecule has 0 spiro atoms. The number of aryl methyl sites for hydroxylation is 2. The molecule has 2 aromatic carbocycles. The van der Waals surface area contributed by atoms with Crippen molar-refractivity contribution in [1.29, 1.82) is 0 Å².